The second-order valence-electron chi connectivity index (χ2n) is 5.02. The standard InChI is InChI=1S/C13H21N5/c1-11-8-13(16(3)15-11)10-17-4-6-18(7-5-17)12(2)9-14/h8,12H,4-7,10H2,1-3H3. The average Bonchev–Trinajstić information content (AvgIpc) is 2.68. The number of hydrogen-bond donors (Lipinski definition) is 0. The summed E-state index contributed by atoms with van der Waals surface area (Å²) in [5.74, 6) is 0. The van der Waals surface area contributed by atoms with Crippen LogP contribution >= 0.6 is 0 Å². The van der Waals surface area contributed by atoms with Crippen molar-refractivity contribution in [2.45, 2.75) is 26.4 Å². The molecule has 1 saturated heterocycles. The largest absolute Gasteiger partial charge is 0.295 e. The van der Waals surface area contributed by atoms with Crippen molar-refractivity contribution in [3.05, 3.63) is 17.5 Å². The topological polar surface area (TPSA) is 48.1 Å². The monoisotopic (exact) mass is 247 g/mol. The van der Waals surface area contributed by atoms with Gasteiger partial charge >= 0.3 is 0 Å². The predicted octanol–water partition coefficient (Wildman–Crippen LogP) is 0.758. The summed E-state index contributed by atoms with van der Waals surface area (Å²) in [7, 11) is 2.00. The van der Waals surface area contributed by atoms with Gasteiger partial charge < -0.3 is 0 Å². The lowest BCUT2D eigenvalue weighted by Crippen LogP contribution is -2.48. The van der Waals surface area contributed by atoms with Crippen molar-refractivity contribution in [2.75, 3.05) is 26.2 Å². The molecule has 0 aromatic carbocycles. The van der Waals surface area contributed by atoms with E-state index < -0.39 is 0 Å². The normalized spacial score (nSPS) is 19.7. The van der Waals surface area contributed by atoms with Gasteiger partial charge in [-0.2, -0.15) is 10.4 Å². The minimum atomic E-state index is 0.0334. The summed E-state index contributed by atoms with van der Waals surface area (Å²) in [6.07, 6.45) is 0. The molecule has 1 aromatic heterocycles. The average molecular weight is 247 g/mol. The molecule has 2 heterocycles. The third kappa shape index (κ3) is 2.89. The Labute approximate surface area is 109 Å². The molecule has 0 amide bonds. The van der Waals surface area contributed by atoms with Crippen LogP contribution in [0.1, 0.15) is 18.3 Å². The molecule has 0 N–H and O–H groups in total. The third-order valence-corrected chi connectivity index (χ3v) is 3.63. The number of hydrogen-bond acceptors (Lipinski definition) is 4. The van der Waals surface area contributed by atoms with Crippen molar-refractivity contribution >= 4 is 0 Å². The summed E-state index contributed by atoms with van der Waals surface area (Å²) in [6, 6.07) is 4.48. The molecule has 0 saturated carbocycles. The van der Waals surface area contributed by atoms with E-state index >= 15 is 0 Å². The number of aromatic nitrogens is 2. The van der Waals surface area contributed by atoms with Crippen LogP contribution in [0.15, 0.2) is 6.07 Å². The van der Waals surface area contributed by atoms with E-state index in [2.05, 4.69) is 27.0 Å². The molecule has 18 heavy (non-hydrogen) atoms. The summed E-state index contributed by atoms with van der Waals surface area (Å²) < 4.78 is 1.96. The molecule has 1 unspecified atom stereocenters. The first kappa shape index (κ1) is 13.1. The highest BCUT2D eigenvalue weighted by molar-refractivity contribution is 5.08. The number of piperazine rings is 1. The van der Waals surface area contributed by atoms with E-state index in [-0.39, 0.29) is 6.04 Å². The van der Waals surface area contributed by atoms with Crippen molar-refractivity contribution in [3.8, 4) is 6.07 Å². The van der Waals surface area contributed by atoms with Crippen molar-refractivity contribution in [1.82, 2.24) is 19.6 Å². The quantitative estimate of drug-likeness (QED) is 0.791. The summed E-state index contributed by atoms with van der Waals surface area (Å²) >= 11 is 0. The van der Waals surface area contributed by atoms with Crippen molar-refractivity contribution < 1.29 is 0 Å². The highest BCUT2D eigenvalue weighted by Gasteiger charge is 2.21. The van der Waals surface area contributed by atoms with Gasteiger partial charge in [-0.3, -0.25) is 14.5 Å². The van der Waals surface area contributed by atoms with E-state index in [0.29, 0.717) is 0 Å². The Balaban J connectivity index is 1.87. The van der Waals surface area contributed by atoms with E-state index in [1.165, 1.54) is 5.69 Å². The lowest BCUT2D eigenvalue weighted by molar-refractivity contribution is 0.112. The first-order valence-electron chi connectivity index (χ1n) is 6.45. The Morgan fingerprint density at radius 3 is 2.56 bits per heavy atom. The maximum atomic E-state index is 8.91. The first-order chi connectivity index (χ1) is 8.60. The van der Waals surface area contributed by atoms with Crippen LogP contribution in [0.3, 0.4) is 0 Å². The van der Waals surface area contributed by atoms with Gasteiger partial charge in [0.1, 0.15) is 0 Å². The van der Waals surface area contributed by atoms with Crippen molar-refractivity contribution in [3.63, 3.8) is 0 Å². The van der Waals surface area contributed by atoms with Gasteiger partial charge in [-0.15, -0.1) is 0 Å². The number of nitriles is 1. The van der Waals surface area contributed by atoms with Crippen LogP contribution in [-0.4, -0.2) is 51.8 Å². The van der Waals surface area contributed by atoms with Crippen LogP contribution in [0.4, 0.5) is 0 Å². The molecule has 5 heteroatoms. The van der Waals surface area contributed by atoms with Crippen molar-refractivity contribution in [2.24, 2.45) is 7.05 Å². The minimum absolute atomic E-state index is 0.0334. The lowest BCUT2D eigenvalue weighted by Gasteiger charge is -2.35. The third-order valence-electron chi connectivity index (χ3n) is 3.63. The number of aryl methyl sites for hydroxylation is 2. The Morgan fingerprint density at radius 2 is 2.06 bits per heavy atom. The maximum absolute atomic E-state index is 8.91. The molecule has 0 aliphatic carbocycles. The fraction of sp³-hybridized carbons (Fsp3) is 0.692. The molecule has 2 rings (SSSR count). The zero-order valence-electron chi connectivity index (χ0n) is 11.4. The summed E-state index contributed by atoms with van der Waals surface area (Å²) in [5, 5.41) is 13.3. The van der Waals surface area contributed by atoms with E-state index in [4.69, 9.17) is 5.26 Å². The van der Waals surface area contributed by atoms with Crippen molar-refractivity contribution in [1.29, 1.82) is 5.26 Å². The number of nitrogens with zero attached hydrogens (tertiary/aromatic N) is 5. The second kappa shape index (κ2) is 5.51. The van der Waals surface area contributed by atoms with Gasteiger partial charge in [0.25, 0.3) is 0 Å². The molecule has 1 atom stereocenters. The predicted molar refractivity (Wildman–Crippen MR) is 69.9 cm³/mol. The van der Waals surface area contributed by atoms with Crippen LogP contribution in [0, 0.1) is 18.3 Å². The van der Waals surface area contributed by atoms with Gasteiger partial charge in [-0.1, -0.05) is 0 Å². The summed E-state index contributed by atoms with van der Waals surface area (Å²) in [6.45, 7) is 8.95. The molecule has 98 valence electrons. The SMILES string of the molecule is Cc1cc(CN2CCN(C(C)C#N)CC2)n(C)n1. The van der Waals surface area contributed by atoms with Crippen LogP contribution in [0.2, 0.25) is 0 Å². The molecule has 1 aliphatic rings. The maximum Gasteiger partial charge on any atom is 0.0950 e. The van der Waals surface area contributed by atoms with Gasteiger partial charge in [0, 0.05) is 39.8 Å². The van der Waals surface area contributed by atoms with Crippen LogP contribution < -0.4 is 0 Å². The number of rotatable bonds is 3. The summed E-state index contributed by atoms with van der Waals surface area (Å²) in [4.78, 5) is 4.67. The fourth-order valence-electron chi connectivity index (χ4n) is 2.43. The highest BCUT2D eigenvalue weighted by Crippen LogP contribution is 2.10. The van der Waals surface area contributed by atoms with Crippen LogP contribution in [0.25, 0.3) is 0 Å². The molecule has 1 fully saturated rings. The highest BCUT2D eigenvalue weighted by atomic mass is 15.3. The zero-order chi connectivity index (χ0) is 13.1. The van der Waals surface area contributed by atoms with E-state index in [0.717, 1.165) is 38.4 Å². The van der Waals surface area contributed by atoms with E-state index in [9.17, 15) is 0 Å². The Bertz CT molecular complexity index is 437. The second-order valence-corrected chi connectivity index (χ2v) is 5.02. The van der Waals surface area contributed by atoms with Gasteiger partial charge in [-0.05, 0) is 19.9 Å². The van der Waals surface area contributed by atoms with Gasteiger partial charge in [0.2, 0.25) is 0 Å². The Kier molecular flexibility index (Phi) is 4.00. The van der Waals surface area contributed by atoms with Gasteiger partial charge in [0.15, 0.2) is 0 Å². The molecule has 0 radical (unpaired) electrons. The minimum Gasteiger partial charge on any atom is -0.295 e. The lowest BCUT2D eigenvalue weighted by atomic mass is 10.2. The summed E-state index contributed by atoms with van der Waals surface area (Å²) in [5.41, 5.74) is 2.33. The molecular weight excluding hydrogens is 226 g/mol. The molecule has 5 nitrogen and oxygen atoms in total. The molecule has 1 aliphatic heterocycles. The Hall–Kier alpha value is -1.38. The Morgan fingerprint density at radius 1 is 1.39 bits per heavy atom. The molecule has 0 bridgehead atoms. The van der Waals surface area contributed by atoms with Gasteiger partial charge in [-0.25, -0.2) is 0 Å². The van der Waals surface area contributed by atoms with Gasteiger partial charge in [0.05, 0.1) is 23.5 Å². The van der Waals surface area contributed by atoms with Crippen LogP contribution in [0.5, 0.6) is 0 Å². The molecule has 1 aromatic rings. The van der Waals surface area contributed by atoms with Crippen LogP contribution in [-0.2, 0) is 13.6 Å². The zero-order valence-corrected chi connectivity index (χ0v) is 11.4. The fourth-order valence-corrected chi connectivity index (χ4v) is 2.43. The van der Waals surface area contributed by atoms with E-state index in [1.54, 1.807) is 0 Å². The smallest absolute Gasteiger partial charge is 0.0950 e. The van der Waals surface area contributed by atoms with E-state index in [1.807, 2.05) is 25.6 Å². The molecule has 0 spiro atoms. The first-order valence-corrected chi connectivity index (χ1v) is 6.45. The molecular formula is C13H21N5.